The number of para-hydroxylation sites is 1. The van der Waals surface area contributed by atoms with Crippen LogP contribution in [-0.4, -0.2) is 74.9 Å². The molecule has 2 heterocycles. The van der Waals surface area contributed by atoms with E-state index in [-0.39, 0.29) is 17.9 Å². The summed E-state index contributed by atoms with van der Waals surface area (Å²) in [5.41, 5.74) is 1.91. The van der Waals surface area contributed by atoms with E-state index in [0.717, 1.165) is 65.8 Å². The number of nitrogens with zero attached hydrogens (tertiary/aromatic N) is 5. The monoisotopic (exact) mass is 561 g/mol. The number of hydrogen-bond donors (Lipinski definition) is 0. The summed E-state index contributed by atoms with van der Waals surface area (Å²) in [6.45, 7) is 3.97. The molecule has 40 heavy (non-hydrogen) atoms. The predicted octanol–water partition coefficient (Wildman–Crippen LogP) is 5.45. The highest BCUT2D eigenvalue weighted by Gasteiger charge is 2.33. The maximum absolute atomic E-state index is 13.0. The van der Waals surface area contributed by atoms with Gasteiger partial charge in [0.05, 0.1) is 7.11 Å². The van der Waals surface area contributed by atoms with Crippen LogP contribution in [-0.2, 0) is 9.59 Å². The Morgan fingerprint density at radius 3 is 2.55 bits per heavy atom. The lowest BCUT2D eigenvalue weighted by Gasteiger charge is -2.41. The lowest BCUT2D eigenvalue weighted by atomic mass is 9.88. The highest BCUT2D eigenvalue weighted by molar-refractivity contribution is 7.99. The van der Waals surface area contributed by atoms with E-state index in [0.29, 0.717) is 32.0 Å². The van der Waals surface area contributed by atoms with Gasteiger partial charge in [-0.25, -0.2) is 0 Å². The minimum atomic E-state index is 0.0703. The lowest BCUT2D eigenvalue weighted by molar-refractivity contribution is -0.146. The van der Waals surface area contributed by atoms with Crippen LogP contribution in [0.3, 0.4) is 0 Å². The van der Waals surface area contributed by atoms with Gasteiger partial charge in [0.1, 0.15) is 5.75 Å². The number of methoxy groups -OCH3 is 1. The van der Waals surface area contributed by atoms with Crippen LogP contribution in [0.15, 0.2) is 59.8 Å². The third-order valence-corrected chi connectivity index (χ3v) is 8.97. The SMILES string of the molecule is COc1cccc(-c2nnc(SCCCC(=O)N3CCN(C(=O)C4CCCCC4)C(C)C3)n2-c2ccccc2)c1. The Kier molecular flexibility index (Phi) is 9.41. The summed E-state index contributed by atoms with van der Waals surface area (Å²) in [6.07, 6.45) is 6.82. The molecule has 2 aliphatic rings. The van der Waals surface area contributed by atoms with Gasteiger partial charge in [-0.1, -0.05) is 61.4 Å². The van der Waals surface area contributed by atoms with Crippen LogP contribution in [0, 0.1) is 5.92 Å². The van der Waals surface area contributed by atoms with Crippen molar-refractivity contribution in [3.05, 3.63) is 54.6 Å². The van der Waals surface area contributed by atoms with Crippen molar-refractivity contribution in [1.82, 2.24) is 24.6 Å². The Labute approximate surface area is 241 Å². The van der Waals surface area contributed by atoms with Crippen LogP contribution in [0.5, 0.6) is 5.75 Å². The van der Waals surface area contributed by atoms with Gasteiger partial charge in [0, 0.05) is 55.0 Å². The normalized spacial score (nSPS) is 18.1. The van der Waals surface area contributed by atoms with E-state index >= 15 is 0 Å². The molecule has 0 N–H and O–H groups in total. The van der Waals surface area contributed by atoms with E-state index in [4.69, 9.17) is 4.74 Å². The molecule has 0 bridgehead atoms. The van der Waals surface area contributed by atoms with Crippen molar-refractivity contribution >= 4 is 23.6 Å². The molecule has 2 aromatic carbocycles. The summed E-state index contributed by atoms with van der Waals surface area (Å²) in [4.78, 5) is 30.0. The zero-order valence-corrected chi connectivity index (χ0v) is 24.3. The van der Waals surface area contributed by atoms with E-state index in [1.165, 1.54) is 6.42 Å². The number of rotatable bonds is 9. The second-order valence-electron chi connectivity index (χ2n) is 10.7. The van der Waals surface area contributed by atoms with Gasteiger partial charge in [0.2, 0.25) is 11.8 Å². The number of amides is 2. The summed E-state index contributed by atoms with van der Waals surface area (Å²) in [7, 11) is 1.65. The fourth-order valence-electron chi connectivity index (χ4n) is 5.76. The molecule has 8 nitrogen and oxygen atoms in total. The summed E-state index contributed by atoms with van der Waals surface area (Å²) >= 11 is 1.61. The second kappa shape index (κ2) is 13.4. The Balaban J connectivity index is 1.17. The maximum atomic E-state index is 13.0. The van der Waals surface area contributed by atoms with Gasteiger partial charge in [-0.15, -0.1) is 10.2 Å². The molecule has 0 spiro atoms. The number of benzene rings is 2. The van der Waals surface area contributed by atoms with Crippen molar-refractivity contribution in [2.45, 2.75) is 63.1 Å². The van der Waals surface area contributed by atoms with E-state index in [1.54, 1.807) is 18.9 Å². The molecule has 2 amide bonds. The first-order valence-corrected chi connectivity index (χ1v) is 15.4. The number of hydrogen-bond acceptors (Lipinski definition) is 6. The van der Waals surface area contributed by atoms with Crippen LogP contribution in [0.1, 0.15) is 51.9 Å². The van der Waals surface area contributed by atoms with Crippen LogP contribution in [0.2, 0.25) is 0 Å². The Morgan fingerprint density at radius 2 is 1.80 bits per heavy atom. The van der Waals surface area contributed by atoms with Crippen LogP contribution in [0.4, 0.5) is 0 Å². The molecule has 0 radical (unpaired) electrons. The average molecular weight is 562 g/mol. The van der Waals surface area contributed by atoms with Crippen molar-refractivity contribution in [3.63, 3.8) is 0 Å². The third kappa shape index (κ3) is 6.52. The van der Waals surface area contributed by atoms with Gasteiger partial charge in [-0.2, -0.15) is 0 Å². The fourth-order valence-corrected chi connectivity index (χ4v) is 6.65. The highest BCUT2D eigenvalue weighted by Crippen LogP contribution is 2.30. The number of carbonyl (C=O) groups excluding carboxylic acids is 2. The molecule has 1 atom stereocenters. The minimum absolute atomic E-state index is 0.0703. The topological polar surface area (TPSA) is 80.6 Å². The van der Waals surface area contributed by atoms with Gasteiger partial charge in [0.25, 0.3) is 0 Å². The van der Waals surface area contributed by atoms with Crippen LogP contribution >= 0.6 is 11.8 Å². The van der Waals surface area contributed by atoms with Gasteiger partial charge in [0.15, 0.2) is 11.0 Å². The van der Waals surface area contributed by atoms with E-state index < -0.39 is 0 Å². The molecule has 212 valence electrons. The predicted molar refractivity (Wildman–Crippen MR) is 158 cm³/mol. The van der Waals surface area contributed by atoms with E-state index in [9.17, 15) is 9.59 Å². The standard InChI is InChI=1S/C31H39N5O3S/c1-23-22-34(18-19-35(23)30(38)24-11-5-3-6-12-24)28(37)17-10-20-40-31-33-32-29(25-13-9-16-27(21-25)39-2)36(31)26-14-7-4-8-15-26/h4,7-9,13-16,21,23-24H,3,5-6,10-12,17-20,22H2,1-2H3. The van der Waals surface area contributed by atoms with E-state index in [2.05, 4.69) is 21.7 Å². The van der Waals surface area contributed by atoms with E-state index in [1.807, 2.05) is 64.4 Å². The molecular formula is C31H39N5O3S. The summed E-state index contributed by atoms with van der Waals surface area (Å²) in [5, 5.41) is 9.82. The Hall–Kier alpha value is -3.33. The number of ether oxygens (including phenoxy) is 1. The molecule has 1 aromatic heterocycles. The second-order valence-corrected chi connectivity index (χ2v) is 11.8. The molecule has 1 aliphatic carbocycles. The molecular weight excluding hydrogens is 522 g/mol. The van der Waals surface area contributed by atoms with Gasteiger partial charge < -0.3 is 14.5 Å². The molecule has 1 saturated carbocycles. The summed E-state index contributed by atoms with van der Waals surface area (Å²) in [5.74, 6) is 2.91. The minimum Gasteiger partial charge on any atom is -0.497 e. The summed E-state index contributed by atoms with van der Waals surface area (Å²) < 4.78 is 7.48. The van der Waals surface area contributed by atoms with Crippen molar-refractivity contribution in [2.75, 3.05) is 32.5 Å². The first-order chi connectivity index (χ1) is 19.5. The van der Waals surface area contributed by atoms with Crippen LogP contribution < -0.4 is 4.74 Å². The number of piperazine rings is 1. The third-order valence-electron chi connectivity index (χ3n) is 7.96. The molecule has 1 saturated heterocycles. The molecule has 1 unspecified atom stereocenters. The molecule has 2 fully saturated rings. The Morgan fingerprint density at radius 1 is 1.00 bits per heavy atom. The first-order valence-electron chi connectivity index (χ1n) is 14.4. The molecule has 3 aromatic rings. The van der Waals surface area contributed by atoms with Crippen molar-refractivity contribution < 1.29 is 14.3 Å². The smallest absolute Gasteiger partial charge is 0.226 e. The lowest BCUT2D eigenvalue weighted by Crippen LogP contribution is -2.56. The zero-order chi connectivity index (χ0) is 27.9. The van der Waals surface area contributed by atoms with Gasteiger partial charge in [-0.05, 0) is 50.5 Å². The zero-order valence-electron chi connectivity index (χ0n) is 23.5. The van der Waals surface area contributed by atoms with Gasteiger partial charge >= 0.3 is 0 Å². The Bertz CT molecular complexity index is 1290. The fraction of sp³-hybridized carbons (Fsp3) is 0.484. The van der Waals surface area contributed by atoms with Gasteiger partial charge in [-0.3, -0.25) is 14.2 Å². The quantitative estimate of drug-likeness (QED) is 0.255. The maximum Gasteiger partial charge on any atom is 0.226 e. The summed E-state index contributed by atoms with van der Waals surface area (Å²) in [6, 6.07) is 18.0. The van der Waals surface area contributed by atoms with Crippen molar-refractivity contribution in [1.29, 1.82) is 0 Å². The number of carbonyl (C=O) groups is 2. The molecule has 9 heteroatoms. The molecule has 1 aliphatic heterocycles. The van der Waals surface area contributed by atoms with Crippen molar-refractivity contribution in [2.24, 2.45) is 5.92 Å². The molecule has 5 rings (SSSR count). The largest absolute Gasteiger partial charge is 0.497 e. The van der Waals surface area contributed by atoms with Crippen LogP contribution in [0.25, 0.3) is 17.1 Å². The first kappa shape index (κ1) is 28.2. The highest BCUT2D eigenvalue weighted by atomic mass is 32.2. The van der Waals surface area contributed by atoms with Crippen molar-refractivity contribution in [3.8, 4) is 22.8 Å². The number of thioether (sulfide) groups is 1. The average Bonchev–Trinajstić information content (AvgIpc) is 3.43. The number of aromatic nitrogens is 3.